The number of hydrogen-bond donors (Lipinski definition) is 1. The molecule has 0 saturated carbocycles. The Morgan fingerprint density at radius 3 is 2.68 bits per heavy atom. The van der Waals surface area contributed by atoms with Crippen LogP contribution in [-0.2, 0) is 19.5 Å². The van der Waals surface area contributed by atoms with Crippen LogP contribution in [0.4, 0.5) is 0 Å². The first-order valence-corrected chi connectivity index (χ1v) is 9.38. The molecule has 0 aliphatic heterocycles. The molecular formula is C20H23N3OS. The number of aromatic nitrogens is 2. The quantitative estimate of drug-likeness (QED) is 0.692. The summed E-state index contributed by atoms with van der Waals surface area (Å²) in [6.07, 6.45) is 7.67. The van der Waals surface area contributed by atoms with E-state index >= 15 is 0 Å². The number of benzene rings is 1. The first-order chi connectivity index (χ1) is 12.2. The Labute approximate surface area is 152 Å². The summed E-state index contributed by atoms with van der Waals surface area (Å²) >= 11 is 1.58. The Hall–Kier alpha value is -2.40. The fraction of sp³-hybridized carbons (Fsp3) is 0.300. The molecule has 1 aromatic carbocycles. The Balaban J connectivity index is 1.55. The molecule has 0 spiro atoms. The summed E-state index contributed by atoms with van der Waals surface area (Å²) in [5.41, 5.74) is 3.61. The Bertz CT molecular complexity index is 819. The summed E-state index contributed by atoms with van der Waals surface area (Å²) < 4.78 is 2.03. The van der Waals surface area contributed by atoms with E-state index in [1.54, 1.807) is 17.5 Å². The number of hydrogen-bond acceptors (Lipinski definition) is 3. The van der Waals surface area contributed by atoms with Crippen molar-refractivity contribution in [3.8, 4) is 0 Å². The molecule has 5 heteroatoms. The Kier molecular flexibility index (Phi) is 5.66. The topological polar surface area (TPSA) is 46.9 Å². The van der Waals surface area contributed by atoms with Crippen molar-refractivity contribution < 1.29 is 4.79 Å². The molecule has 0 radical (unpaired) electrons. The summed E-state index contributed by atoms with van der Waals surface area (Å²) in [5.74, 6) is 0.0120. The van der Waals surface area contributed by atoms with E-state index in [0.717, 1.165) is 29.8 Å². The minimum absolute atomic E-state index is 0.0120. The van der Waals surface area contributed by atoms with Gasteiger partial charge in [-0.1, -0.05) is 37.6 Å². The van der Waals surface area contributed by atoms with Crippen molar-refractivity contribution >= 4 is 17.2 Å². The number of carbonyl (C=O) groups is 1. The van der Waals surface area contributed by atoms with Gasteiger partial charge in [0.25, 0.3) is 5.91 Å². The van der Waals surface area contributed by atoms with Crippen LogP contribution in [0.5, 0.6) is 0 Å². The van der Waals surface area contributed by atoms with Crippen LogP contribution in [0.2, 0.25) is 0 Å². The summed E-state index contributed by atoms with van der Waals surface area (Å²) in [6, 6.07) is 10.3. The van der Waals surface area contributed by atoms with Crippen molar-refractivity contribution in [1.82, 2.24) is 14.9 Å². The third kappa shape index (κ3) is 4.57. The molecule has 3 rings (SSSR count). The standard InChI is InChI=1S/C20H23N3OS/c1-3-4-18-11-19(25-15(18)2)20(24)22-12-16-5-7-17(8-6-16)13-23-10-9-21-14-23/h5-11,14H,3-4,12-13H2,1-2H3,(H,22,24). The van der Waals surface area contributed by atoms with Crippen molar-refractivity contribution in [2.75, 3.05) is 0 Å². The first kappa shape index (κ1) is 17.4. The zero-order chi connectivity index (χ0) is 17.6. The molecular weight excluding hydrogens is 330 g/mol. The molecule has 0 fully saturated rings. The number of amides is 1. The number of aryl methyl sites for hydroxylation is 2. The number of carbonyl (C=O) groups excluding carboxylic acids is 1. The maximum Gasteiger partial charge on any atom is 0.261 e. The summed E-state index contributed by atoms with van der Waals surface area (Å²) in [5, 5.41) is 3.02. The molecule has 0 aliphatic carbocycles. The molecule has 25 heavy (non-hydrogen) atoms. The lowest BCUT2D eigenvalue weighted by Crippen LogP contribution is -2.21. The van der Waals surface area contributed by atoms with E-state index in [9.17, 15) is 4.79 Å². The highest BCUT2D eigenvalue weighted by atomic mass is 32.1. The minimum Gasteiger partial charge on any atom is -0.347 e. The maximum atomic E-state index is 12.4. The van der Waals surface area contributed by atoms with Crippen molar-refractivity contribution in [2.24, 2.45) is 0 Å². The van der Waals surface area contributed by atoms with E-state index in [1.807, 2.05) is 23.2 Å². The average molecular weight is 353 g/mol. The van der Waals surface area contributed by atoms with E-state index in [4.69, 9.17) is 0 Å². The zero-order valence-electron chi connectivity index (χ0n) is 14.7. The number of rotatable bonds is 7. The fourth-order valence-electron chi connectivity index (χ4n) is 2.77. The van der Waals surface area contributed by atoms with Gasteiger partial charge in [-0.05, 0) is 36.1 Å². The number of nitrogens with one attached hydrogen (secondary N) is 1. The van der Waals surface area contributed by atoms with Gasteiger partial charge in [0, 0.05) is 30.4 Å². The third-order valence-corrected chi connectivity index (χ3v) is 5.26. The monoisotopic (exact) mass is 353 g/mol. The lowest BCUT2D eigenvalue weighted by atomic mass is 10.1. The van der Waals surface area contributed by atoms with Crippen LogP contribution in [0.15, 0.2) is 49.1 Å². The van der Waals surface area contributed by atoms with Crippen LogP contribution >= 0.6 is 11.3 Å². The van der Waals surface area contributed by atoms with Crippen LogP contribution < -0.4 is 5.32 Å². The second kappa shape index (κ2) is 8.12. The Morgan fingerprint density at radius 1 is 1.24 bits per heavy atom. The molecule has 0 aliphatic rings. The van der Waals surface area contributed by atoms with Crippen molar-refractivity contribution in [2.45, 2.75) is 39.8 Å². The molecule has 0 atom stereocenters. The molecule has 2 aromatic heterocycles. The second-order valence-corrected chi connectivity index (χ2v) is 7.43. The number of nitrogens with zero attached hydrogens (tertiary/aromatic N) is 2. The van der Waals surface area contributed by atoms with E-state index in [0.29, 0.717) is 6.54 Å². The number of thiophene rings is 1. The lowest BCUT2D eigenvalue weighted by Gasteiger charge is -2.06. The number of imidazole rings is 1. The zero-order valence-corrected chi connectivity index (χ0v) is 15.5. The summed E-state index contributed by atoms with van der Waals surface area (Å²) in [6.45, 7) is 5.60. The lowest BCUT2D eigenvalue weighted by molar-refractivity contribution is 0.0955. The van der Waals surface area contributed by atoms with Gasteiger partial charge in [0.15, 0.2) is 0 Å². The normalized spacial score (nSPS) is 10.8. The van der Waals surface area contributed by atoms with E-state index in [1.165, 1.54) is 16.0 Å². The van der Waals surface area contributed by atoms with Crippen LogP contribution in [0.25, 0.3) is 0 Å². The van der Waals surface area contributed by atoms with Crippen LogP contribution in [0.3, 0.4) is 0 Å². The van der Waals surface area contributed by atoms with E-state index in [2.05, 4.69) is 48.4 Å². The third-order valence-electron chi connectivity index (χ3n) is 4.16. The van der Waals surface area contributed by atoms with E-state index in [-0.39, 0.29) is 5.91 Å². The van der Waals surface area contributed by atoms with Crippen molar-refractivity contribution in [3.05, 3.63) is 75.5 Å². The first-order valence-electron chi connectivity index (χ1n) is 8.56. The summed E-state index contributed by atoms with van der Waals surface area (Å²) in [7, 11) is 0. The minimum atomic E-state index is 0.0120. The van der Waals surface area contributed by atoms with E-state index < -0.39 is 0 Å². The van der Waals surface area contributed by atoms with Gasteiger partial charge < -0.3 is 9.88 Å². The van der Waals surface area contributed by atoms with Crippen molar-refractivity contribution in [1.29, 1.82) is 0 Å². The Morgan fingerprint density at radius 2 is 2.00 bits per heavy atom. The molecule has 0 saturated heterocycles. The highest BCUT2D eigenvalue weighted by molar-refractivity contribution is 7.14. The van der Waals surface area contributed by atoms with Gasteiger partial charge >= 0.3 is 0 Å². The second-order valence-electron chi connectivity index (χ2n) is 6.18. The van der Waals surface area contributed by atoms with Crippen LogP contribution in [-0.4, -0.2) is 15.5 Å². The van der Waals surface area contributed by atoms with Gasteiger partial charge in [-0.2, -0.15) is 0 Å². The summed E-state index contributed by atoms with van der Waals surface area (Å²) in [4.78, 5) is 18.5. The largest absolute Gasteiger partial charge is 0.347 e. The smallest absolute Gasteiger partial charge is 0.261 e. The highest BCUT2D eigenvalue weighted by Crippen LogP contribution is 2.22. The highest BCUT2D eigenvalue weighted by Gasteiger charge is 2.11. The maximum absolute atomic E-state index is 12.4. The molecule has 0 bridgehead atoms. The molecule has 130 valence electrons. The average Bonchev–Trinajstić information content (AvgIpc) is 3.25. The predicted octanol–water partition coefficient (Wildman–Crippen LogP) is 4.18. The molecule has 2 heterocycles. The predicted molar refractivity (Wildman–Crippen MR) is 102 cm³/mol. The van der Waals surface area contributed by atoms with Crippen molar-refractivity contribution in [3.63, 3.8) is 0 Å². The molecule has 1 amide bonds. The van der Waals surface area contributed by atoms with Gasteiger partial charge in [-0.25, -0.2) is 4.98 Å². The van der Waals surface area contributed by atoms with Gasteiger partial charge in [-0.3, -0.25) is 4.79 Å². The van der Waals surface area contributed by atoms with Gasteiger partial charge in [0.1, 0.15) is 0 Å². The molecule has 4 nitrogen and oxygen atoms in total. The van der Waals surface area contributed by atoms with Crippen LogP contribution in [0.1, 0.15) is 44.6 Å². The molecule has 0 unspecified atom stereocenters. The van der Waals surface area contributed by atoms with Crippen LogP contribution in [0, 0.1) is 6.92 Å². The van der Waals surface area contributed by atoms with Gasteiger partial charge in [0.05, 0.1) is 11.2 Å². The molecule has 3 aromatic rings. The fourth-order valence-corrected chi connectivity index (χ4v) is 3.76. The van der Waals surface area contributed by atoms with Gasteiger partial charge in [-0.15, -0.1) is 11.3 Å². The SMILES string of the molecule is CCCc1cc(C(=O)NCc2ccc(Cn3ccnc3)cc2)sc1C. The molecule has 1 N–H and O–H groups in total. The van der Waals surface area contributed by atoms with Gasteiger partial charge in [0.2, 0.25) is 0 Å².